The summed E-state index contributed by atoms with van der Waals surface area (Å²) in [6.45, 7) is 1.94. The van der Waals surface area contributed by atoms with Crippen molar-refractivity contribution in [1.29, 1.82) is 0 Å². The van der Waals surface area contributed by atoms with Gasteiger partial charge in [-0.2, -0.15) is 0 Å². The zero-order valence-corrected chi connectivity index (χ0v) is 20.0. The lowest BCUT2D eigenvalue weighted by Gasteiger charge is -2.22. The first-order chi connectivity index (χ1) is 17.3. The van der Waals surface area contributed by atoms with Gasteiger partial charge in [-0.15, -0.1) is 0 Å². The highest BCUT2D eigenvalue weighted by atomic mass is 32.1. The fourth-order valence-corrected chi connectivity index (χ4v) is 5.26. The highest BCUT2D eigenvalue weighted by Gasteiger charge is 2.48. The molecule has 1 aliphatic rings. The fraction of sp³-hybridized carbons (Fsp3) is 0.115. The Hall–Kier alpha value is -4.57. The standard InChI is InChI=1S/C26H19N3O6S/c1-14-6-11-19-20(12-14)36-26(27-19)28-22(15-7-9-17(10-8-15)29(33)34)21(24(31)25(28)32)23(30)16-4-3-5-18(13-16)35-2/h3-13,22,30H,1-2H3. The Morgan fingerprint density at radius 3 is 2.56 bits per heavy atom. The number of aromatic nitrogens is 1. The van der Waals surface area contributed by atoms with Gasteiger partial charge in [0.1, 0.15) is 11.5 Å². The molecule has 10 heteroatoms. The van der Waals surface area contributed by atoms with Crippen LogP contribution in [-0.2, 0) is 9.59 Å². The molecule has 1 aliphatic heterocycles. The Kier molecular flexibility index (Phi) is 5.73. The van der Waals surface area contributed by atoms with Crippen molar-refractivity contribution in [3.05, 3.63) is 99.1 Å². The van der Waals surface area contributed by atoms with Crippen molar-refractivity contribution in [2.45, 2.75) is 13.0 Å². The number of aliphatic hydroxyl groups excluding tert-OH is 1. The van der Waals surface area contributed by atoms with Gasteiger partial charge in [0.05, 0.1) is 33.9 Å². The molecule has 1 saturated heterocycles. The van der Waals surface area contributed by atoms with Crippen molar-refractivity contribution in [3.8, 4) is 5.75 Å². The zero-order valence-electron chi connectivity index (χ0n) is 19.2. The Balaban J connectivity index is 1.72. The first-order valence-electron chi connectivity index (χ1n) is 10.9. The normalized spacial score (nSPS) is 17.1. The number of benzene rings is 3. The van der Waals surface area contributed by atoms with Crippen LogP contribution in [-0.4, -0.2) is 33.8 Å². The summed E-state index contributed by atoms with van der Waals surface area (Å²) in [6.07, 6.45) is 0. The van der Waals surface area contributed by atoms with Gasteiger partial charge >= 0.3 is 5.91 Å². The number of methoxy groups -OCH3 is 1. The molecule has 180 valence electrons. The Labute approximate surface area is 209 Å². The first-order valence-corrected chi connectivity index (χ1v) is 11.7. The maximum atomic E-state index is 13.3. The summed E-state index contributed by atoms with van der Waals surface area (Å²) in [5.74, 6) is -1.65. The summed E-state index contributed by atoms with van der Waals surface area (Å²) >= 11 is 1.25. The number of aryl methyl sites for hydroxylation is 1. The number of non-ortho nitro benzene ring substituents is 1. The van der Waals surface area contributed by atoms with Crippen LogP contribution < -0.4 is 9.64 Å². The molecule has 9 nitrogen and oxygen atoms in total. The third kappa shape index (κ3) is 3.87. The second kappa shape index (κ2) is 8.90. The van der Waals surface area contributed by atoms with Crippen molar-refractivity contribution in [3.63, 3.8) is 0 Å². The second-order valence-corrected chi connectivity index (χ2v) is 9.23. The number of ether oxygens (including phenoxy) is 1. The highest BCUT2D eigenvalue weighted by molar-refractivity contribution is 7.22. The Morgan fingerprint density at radius 1 is 1.11 bits per heavy atom. The molecule has 1 N–H and O–H groups in total. The molecule has 36 heavy (non-hydrogen) atoms. The molecule has 4 aromatic rings. The van der Waals surface area contributed by atoms with E-state index in [1.807, 2.05) is 25.1 Å². The quantitative estimate of drug-likeness (QED) is 0.132. The number of carbonyl (C=O) groups is 2. The van der Waals surface area contributed by atoms with Crippen LogP contribution in [0.4, 0.5) is 10.8 Å². The average molecular weight is 502 g/mol. The van der Waals surface area contributed by atoms with Crippen molar-refractivity contribution in [2.75, 3.05) is 12.0 Å². The van der Waals surface area contributed by atoms with Crippen molar-refractivity contribution in [1.82, 2.24) is 4.98 Å². The lowest BCUT2D eigenvalue weighted by atomic mass is 9.95. The molecule has 1 amide bonds. The number of anilines is 1. The largest absolute Gasteiger partial charge is 0.507 e. The number of Topliss-reactive ketones (excluding diaryl/α,β-unsaturated/α-hetero) is 1. The van der Waals surface area contributed by atoms with E-state index in [-0.39, 0.29) is 22.2 Å². The lowest BCUT2D eigenvalue weighted by Crippen LogP contribution is -2.29. The number of ketones is 1. The number of hydrogen-bond donors (Lipinski definition) is 1. The van der Waals surface area contributed by atoms with Crippen molar-refractivity contribution < 1.29 is 24.4 Å². The number of nitro benzene ring substituents is 1. The zero-order chi connectivity index (χ0) is 25.6. The van der Waals surface area contributed by atoms with E-state index in [2.05, 4.69) is 4.98 Å². The van der Waals surface area contributed by atoms with Crippen LogP contribution in [0.5, 0.6) is 5.75 Å². The second-order valence-electron chi connectivity index (χ2n) is 8.22. The summed E-state index contributed by atoms with van der Waals surface area (Å²) < 4.78 is 6.06. The van der Waals surface area contributed by atoms with E-state index in [4.69, 9.17) is 4.74 Å². The molecule has 0 saturated carbocycles. The fourth-order valence-electron chi connectivity index (χ4n) is 4.17. The summed E-state index contributed by atoms with van der Waals surface area (Å²) in [4.78, 5) is 43.1. The maximum absolute atomic E-state index is 13.3. The van der Waals surface area contributed by atoms with Gasteiger partial charge in [-0.25, -0.2) is 4.98 Å². The topological polar surface area (TPSA) is 123 Å². The van der Waals surface area contributed by atoms with E-state index < -0.39 is 22.7 Å². The monoisotopic (exact) mass is 501 g/mol. The average Bonchev–Trinajstić information content (AvgIpc) is 3.41. The van der Waals surface area contributed by atoms with E-state index in [0.717, 1.165) is 10.3 Å². The number of fused-ring (bicyclic) bond motifs is 1. The van der Waals surface area contributed by atoms with Crippen LogP contribution in [0.15, 0.2) is 72.3 Å². The van der Waals surface area contributed by atoms with Gasteiger partial charge in [-0.05, 0) is 54.4 Å². The van der Waals surface area contributed by atoms with Gasteiger partial charge in [0, 0.05) is 17.7 Å². The van der Waals surface area contributed by atoms with Crippen molar-refractivity contribution in [2.24, 2.45) is 0 Å². The highest BCUT2D eigenvalue weighted by Crippen LogP contribution is 2.44. The molecule has 2 heterocycles. The summed E-state index contributed by atoms with van der Waals surface area (Å²) in [5, 5.41) is 22.7. The van der Waals surface area contributed by atoms with Crippen LogP contribution >= 0.6 is 11.3 Å². The van der Waals surface area contributed by atoms with Crippen LogP contribution in [0.25, 0.3) is 16.0 Å². The number of nitrogens with zero attached hydrogens (tertiary/aromatic N) is 3. The third-order valence-corrected chi connectivity index (χ3v) is 6.96. The SMILES string of the molecule is COc1cccc(C(O)=C2C(=O)C(=O)N(c3nc4ccc(C)cc4s3)C2c2ccc([N+](=O)[O-])cc2)c1. The lowest BCUT2D eigenvalue weighted by molar-refractivity contribution is -0.384. The maximum Gasteiger partial charge on any atom is 0.301 e. The van der Waals surface area contributed by atoms with Crippen LogP contribution in [0.1, 0.15) is 22.7 Å². The Morgan fingerprint density at radius 2 is 1.86 bits per heavy atom. The Bertz CT molecular complexity index is 1570. The summed E-state index contributed by atoms with van der Waals surface area (Å²) in [6, 6.07) is 16.6. The number of aliphatic hydroxyl groups is 1. The van der Waals surface area contributed by atoms with Gasteiger partial charge in [0.15, 0.2) is 5.13 Å². The van der Waals surface area contributed by atoms with E-state index >= 15 is 0 Å². The van der Waals surface area contributed by atoms with Gasteiger partial charge < -0.3 is 9.84 Å². The van der Waals surface area contributed by atoms with E-state index in [1.165, 1.54) is 47.6 Å². The number of amides is 1. The predicted octanol–water partition coefficient (Wildman–Crippen LogP) is 5.15. The molecule has 0 aliphatic carbocycles. The number of carbonyl (C=O) groups excluding carboxylic acids is 2. The number of hydrogen-bond acceptors (Lipinski definition) is 8. The van der Waals surface area contributed by atoms with Gasteiger partial charge in [-0.3, -0.25) is 24.6 Å². The molecule has 0 radical (unpaired) electrons. The number of rotatable bonds is 5. The summed E-state index contributed by atoms with van der Waals surface area (Å²) in [7, 11) is 1.48. The minimum Gasteiger partial charge on any atom is -0.507 e. The minimum atomic E-state index is -1.04. The van der Waals surface area contributed by atoms with Gasteiger partial charge in [-0.1, -0.05) is 29.5 Å². The van der Waals surface area contributed by atoms with Crippen LogP contribution in [0.2, 0.25) is 0 Å². The molecule has 0 spiro atoms. The molecule has 1 atom stereocenters. The predicted molar refractivity (Wildman–Crippen MR) is 135 cm³/mol. The van der Waals surface area contributed by atoms with Crippen LogP contribution in [0.3, 0.4) is 0 Å². The molecule has 3 aromatic carbocycles. The third-order valence-electron chi connectivity index (χ3n) is 5.95. The van der Waals surface area contributed by atoms with E-state index in [0.29, 0.717) is 22.4 Å². The molecule has 1 aromatic heterocycles. The van der Waals surface area contributed by atoms with Gasteiger partial charge in [0.25, 0.3) is 11.5 Å². The number of nitro groups is 1. The van der Waals surface area contributed by atoms with Crippen molar-refractivity contribution >= 4 is 49.8 Å². The van der Waals surface area contributed by atoms with E-state index in [9.17, 15) is 24.8 Å². The first kappa shape index (κ1) is 23.2. The van der Waals surface area contributed by atoms with E-state index in [1.54, 1.807) is 24.3 Å². The molecule has 5 rings (SSSR count). The minimum absolute atomic E-state index is 0.140. The smallest absolute Gasteiger partial charge is 0.301 e. The molecule has 1 fully saturated rings. The molecule has 0 bridgehead atoms. The molecular weight excluding hydrogens is 482 g/mol. The molecular formula is C26H19N3O6S. The molecule has 1 unspecified atom stereocenters. The summed E-state index contributed by atoms with van der Waals surface area (Å²) in [5.41, 5.74) is 2.11. The van der Waals surface area contributed by atoms with Gasteiger partial charge in [0.2, 0.25) is 0 Å². The van der Waals surface area contributed by atoms with Crippen LogP contribution in [0, 0.1) is 17.0 Å². The number of thiazole rings is 1.